The molecule has 1 saturated heterocycles. The second kappa shape index (κ2) is 5.87. The predicted octanol–water partition coefficient (Wildman–Crippen LogP) is 4.60. The van der Waals surface area contributed by atoms with Crippen LogP contribution in [0, 0.1) is 11.8 Å². The minimum atomic E-state index is -0.685. The van der Waals surface area contributed by atoms with Crippen molar-refractivity contribution in [1.82, 2.24) is 0 Å². The first kappa shape index (κ1) is 17.4. The molecule has 1 heterocycles. The summed E-state index contributed by atoms with van der Waals surface area (Å²) in [4.78, 5) is 13.8. The standard InChI is InChI=1S/C23H21BrO3/c1-22(2)26-19-17(24)13-16-18(20(19)27-22)21(25)23(16,14-9-5-3-6-10-14)15-11-7-4-8-12-15/h3-13,16,18-20H,1-2H3/t16-,18-,19-,20+/m1/s1. The van der Waals surface area contributed by atoms with Gasteiger partial charge in [0, 0.05) is 10.4 Å². The van der Waals surface area contributed by atoms with Gasteiger partial charge in [-0.05, 0) is 25.0 Å². The van der Waals surface area contributed by atoms with Gasteiger partial charge in [-0.25, -0.2) is 0 Å². The number of Topliss-reactive ketones (excluding diaryl/α,β-unsaturated/α-hetero) is 1. The van der Waals surface area contributed by atoms with E-state index in [1.165, 1.54) is 0 Å². The molecule has 2 aliphatic carbocycles. The molecule has 5 rings (SSSR count). The highest BCUT2D eigenvalue weighted by Crippen LogP contribution is 2.61. The van der Waals surface area contributed by atoms with E-state index >= 15 is 0 Å². The van der Waals surface area contributed by atoms with Crippen LogP contribution in [-0.4, -0.2) is 23.8 Å². The second-order valence-corrected chi connectivity index (χ2v) is 8.94. The molecule has 2 aromatic rings. The molecule has 1 saturated carbocycles. The van der Waals surface area contributed by atoms with Crippen molar-refractivity contribution < 1.29 is 14.3 Å². The van der Waals surface area contributed by atoms with E-state index in [4.69, 9.17) is 9.47 Å². The van der Waals surface area contributed by atoms with E-state index < -0.39 is 11.2 Å². The summed E-state index contributed by atoms with van der Waals surface area (Å²) in [5.41, 5.74) is 1.40. The lowest BCUT2D eigenvalue weighted by Gasteiger charge is -2.56. The van der Waals surface area contributed by atoms with Crippen LogP contribution in [0.1, 0.15) is 25.0 Å². The third kappa shape index (κ3) is 2.30. The molecule has 0 unspecified atom stereocenters. The largest absolute Gasteiger partial charge is 0.343 e. The molecule has 0 bridgehead atoms. The Morgan fingerprint density at radius 2 is 1.44 bits per heavy atom. The molecule has 0 amide bonds. The Morgan fingerprint density at radius 3 is 2.00 bits per heavy atom. The maximum absolute atomic E-state index is 13.8. The Labute approximate surface area is 167 Å². The van der Waals surface area contributed by atoms with Gasteiger partial charge < -0.3 is 9.47 Å². The molecule has 0 aromatic heterocycles. The first-order valence-corrected chi connectivity index (χ1v) is 10.1. The van der Waals surface area contributed by atoms with Gasteiger partial charge in [-0.3, -0.25) is 4.79 Å². The maximum atomic E-state index is 13.8. The lowest BCUT2D eigenvalue weighted by Crippen LogP contribution is -2.67. The van der Waals surface area contributed by atoms with Crippen molar-refractivity contribution in [2.75, 3.05) is 0 Å². The summed E-state index contributed by atoms with van der Waals surface area (Å²) >= 11 is 3.71. The van der Waals surface area contributed by atoms with Crippen LogP contribution in [0.15, 0.2) is 71.2 Å². The summed E-state index contributed by atoms with van der Waals surface area (Å²) in [5.74, 6) is -0.631. The number of carbonyl (C=O) groups excluding carboxylic acids is 1. The molecular formula is C23H21BrO3. The van der Waals surface area contributed by atoms with Crippen LogP contribution in [0.5, 0.6) is 0 Å². The summed E-state index contributed by atoms with van der Waals surface area (Å²) in [6, 6.07) is 20.2. The SMILES string of the molecule is CC1(C)O[C@H]2[C@@H]3C(=O)C(c4ccccc4)(c4ccccc4)[C@@H]3C=C(Br)[C@H]2O1. The highest BCUT2D eigenvalue weighted by molar-refractivity contribution is 9.11. The minimum Gasteiger partial charge on any atom is -0.343 e. The maximum Gasteiger partial charge on any atom is 0.164 e. The average molecular weight is 425 g/mol. The Bertz CT molecular complexity index is 880. The molecule has 1 aliphatic heterocycles. The number of rotatable bonds is 2. The van der Waals surface area contributed by atoms with Crippen LogP contribution in [-0.2, 0) is 19.7 Å². The second-order valence-electron chi connectivity index (χ2n) is 8.03. The summed E-state index contributed by atoms with van der Waals surface area (Å²) in [5, 5.41) is 0. The fourth-order valence-electron chi connectivity index (χ4n) is 5.12. The lowest BCUT2D eigenvalue weighted by molar-refractivity contribution is -0.166. The lowest BCUT2D eigenvalue weighted by atomic mass is 9.45. The zero-order valence-corrected chi connectivity index (χ0v) is 16.8. The highest BCUT2D eigenvalue weighted by atomic mass is 79.9. The number of allylic oxidation sites excluding steroid dienone is 1. The zero-order chi connectivity index (χ0) is 18.8. The van der Waals surface area contributed by atoms with Crippen LogP contribution in [0.4, 0.5) is 0 Å². The van der Waals surface area contributed by atoms with E-state index in [2.05, 4.69) is 46.3 Å². The molecule has 2 aromatic carbocycles. The van der Waals surface area contributed by atoms with Crippen LogP contribution >= 0.6 is 15.9 Å². The van der Waals surface area contributed by atoms with Crippen molar-refractivity contribution in [2.24, 2.45) is 11.8 Å². The molecule has 27 heavy (non-hydrogen) atoms. The predicted molar refractivity (Wildman–Crippen MR) is 106 cm³/mol. The number of fused-ring (bicyclic) bond motifs is 3. The number of hydrogen-bond acceptors (Lipinski definition) is 3. The van der Waals surface area contributed by atoms with E-state index in [0.717, 1.165) is 15.6 Å². The highest BCUT2D eigenvalue weighted by Gasteiger charge is 2.69. The van der Waals surface area contributed by atoms with Crippen molar-refractivity contribution in [3.05, 3.63) is 82.3 Å². The molecular weight excluding hydrogens is 404 g/mol. The monoisotopic (exact) mass is 424 g/mol. The van der Waals surface area contributed by atoms with Crippen molar-refractivity contribution in [3.8, 4) is 0 Å². The summed E-state index contributed by atoms with van der Waals surface area (Å²) < 4.78 is 13.2. The molecule has 0 N–H and O–H groups in total. The Balaban J connectivity index is 1.68. The van der Waals surface area contributed by atoms with Gasteiger partial charge in [0.25, 0.3) is 0 Å². The van der Waals surface area contributed by atoms with Gasteiger partial charge in [0.1, 0.15) is 12.2 Å². The number of benzene rings is 2. The fourth-order valence-corrected chi connectivity index (χ4v) is 5.75. The molecule has 3 nitrogen and oxygen atoms in total. The van der Waals surface area contributed by atoms with Gasteiger partial charge in [0.15, 0.2) is 11.6 Å². The molecule has 0 spiro atoms. The summed E-state index contributed by atoms with van der Waals surface area (Å²) in [6.07, 6.45) is 1.71. The van der Waals surface area contributed by atoms with E-state index in [1.54, 1.807) is 0 Å². The van der Waals surface area contributed by atoms with E-state index in [1.807, 2.05) is 50.2 Å². The minimum absolute atomic E-state index is 0.0305. The van der Waals surface area contributed by atoms with E-state index in [-0.39, 0.29) is 29.8 Å². The number of ketones is 1. The molecule has 3 aliphatic rings. The van der Waals surface area contributed by atoms with Gasteiger partial charge in [-0.2, -0.15) is 0 Å². The third-order valence-corrected chi connectivity index (χ3v) is 6.85. The molecule has 4 heteroatoms. The first-order chi connectivity index (χ1) is 12.9. The molecule has 4 atom stereocenters. The van der Waals surface area contributed by atoms with Gasteiger partial charge in [0.2, 0.25) is 0 Å². The zero-order valence-electron chi connectivity index (χ0n) is 15.3. The van der Waals surface area contributed by atoms with E-state index in [9.17, 15) is 4.79 Å². The smallest absolute Gasteiger partial charge is 0.164 e. The Hall–Kier alpha value is -1.75. The molecule has 2 fully saturated rings. The fraction of sp³-hybridized carbons (Fsp3) is 0.348. The van der Waals surface area contributed by atoms with Gasteiger partial charge in [-0.1, -0.05) is 82.7 Å². The number of ether oxygens (including phenoxy) is 2. The van der Waals surface area contributed by atoms with Crippen LogP contribution < -0.4 is 0 Å². The van der Waals surface area contributed by atoms with Crippen molar-refractivity contribution in [1.29, 1.82) is 0 Å². The van der Waals surface area contributed by atoms with Crippen molar-refractivity contribution >= 4 is 21.7 Å². The molecule has 138 valence electrons. The Kier molecular flexibility index (Phi) is 3.77. The van der Waals surface area contributed by atoms with Crippen molar-refractivity contribution in [2.45, 2.75) is 37.3 Å². The van der Waals surface area contributed by atoms with Crippen LogP contribution in [0.2, 0.25) is 0 Å². The van der Waals surface area contributed by atoms with E-state index in [0.29, 0.717) is 0 Å². The van der Waals surface area contributed by atoms with Gasteiger partial charge in [0.05, 0.1) is 11.3 Å². The van der Waals surface area contributed by atoms with Crippen molar-refractivity contribution in [3.63, 3.8) is 0 Å². The molecule has 0 radical (unpaired) electrons. The Morgan fingerprint density at radius 1 is 0.889 bits per heavy atom. The van der Waals surface area contributed by atoms with Crippen LogP contribution in [0.25, 0.3) is 0 Å². The quantitative estimate of drug-likeness (QED) is 0.706. The average Bonchev–Trinajstić information content (AvgIpc) is 2.99. The first-order valence-electron chi connectivity index (χ1n) is 9.33. The number of carbonyl (C=O) groups is 1. The normalized spacial score (nSPS) is 32.9. The number of halogens is 1. The number of hydrogen-bond donors (Lipinski definition) is 0. The van der Waals surface area contributed by atoms with Gasteiger partial charge in [-0.15, -0.1) is 0 Å². The topological polar surface area (TPSA) is 35.5 Å². The summed E-state index contributed by atoms with van der Waals surface area (Å²) in [6.45, 7) is 3.82. The third-order valence-electron chi connectivity index (χ3n) is 6.13. The van der Waals surface area contributed by atoms with Crippen LogP contribution in [0.3, 0.4) is 0 Å². The van der Waals surface area contributed by atoms with Gasteiger partial charge >= 0.3 is 0 Å². The summed E-state index contributed by atoms with van der Waals surface area (Å²) in [7, 11) is 0.